The predicted molar refractivity (Wildman–Crippen MR) is 253 cm³/mol. The van der Waals surface area contributed by atoms with E-state index in [1.165, 1.54) is 17.6 Å². The highest BCUT2D eigenvalue weighted by Crippen LogP contribution is 2.46. The Bertz CT molecular complexity index is 2940. The third-order valence-corrected chi connectivity index (χ3v) is 13.5. The summed E-state index contributed by atoms with van der Waals surface area (Å²) in [5, 5.41) is 30.1. The highest BCUT2D eigenvalue weighted by molar-refractivity contribution is 5.95. The molecular formula is C50H56FN9O12. The third-order valence-electron chi connectivity index (χ3n) is 13.5. The average molecular weight is 994 g/mol. The number of fused-ring (bicyclic) bond motifs is 5. The Morgan fingerprint density at radius 2 is 1.60 bits per heavy atom. The first-order valence-electron chi connectivity index (χ1n) is 23.9. The molecule has 2 aromatic carbocycles. The minimum atomic E-state index is -2.05. The van der Waals surface area contributed by atoms with Crippen molar-refractivity contribution in [2.75, 3.05) is 32.9 Å². The molecule has 4 heterocycles. The number of hydrogen-bond acceptors (Lipinski definition) is 13. The van der Waals surface area contributed by atoms with Gasteiger partial charge in [-0.25, -0.2) is 14.2 Å². The molecule has 0 spiro atoms. The van der Waals surface area contributed by atoms with Gasteiger partial charge < -0.3 is 56.4 Å². The second kappa shape index (κ2) is 21.4. The Morgan fingerprint density at radius 3 is 2.32 bits per heavy atom. The second-order valence-corrected chi connectivity index (χ2v) is 18.4. The lowest BCUT2D eigenvalue weighted by molar-refractivity contribution is -0.172. The zero-order valence-corrected chi connectivity index (χ0v) is 40.0. The average Bonchev–Trinajstić information content (AvgIpc) is 4.13. The molecule has 8 rings (SSSR count). The van der Waals surface area contributed by atoms with Crippen LogP contribution in [0, 0.1) is 18.7 Å². The zero-order chi connectivity index (χ0) is 51.4. The van der Waals surface area contributed by atoms with E-state index < -0.39 is 96.2 Å². The maximum Gasteiger partial charge on any atom is 0.343 e. The molecule has 8 N–H and O–H groups in total. The minimum absolute atomic E-state index is 0.0449. The standard InChI is InChI=1S/C50H56FN9O12/c1-4-50(70)32-17-37-44-30(22-60(37)48(68)31(32)23-71-49(50)69)43-34(13-12-29-25(2)33(51)18-35(58-44)42(29)43)59-47(67)45(28-10-11-28)72-24-56-40(64)20-55-46(66)36(16-27-8-6-5-7-9-27)57-41(65)21-54-39(63)19-53-38(62)14-15-52-26(3)61/h5-9,17-18,28,34,36,45,70H,4,10-16,19-24H2,1-3H3,(H,52,61)(H,53,62)(H,54,63)(H,55,66)(H,56,64)(H,57,65)(H,59,67)/t34-,36-,45+,50-/m0/s1. The van der Waals surface area contributed by atoms with Gasteiger partial charge in [-0.15, -0.1) is 0 Å². The van der Waals surface area contributed by atoms with Crippen LogP contribution >= 0.6 is 0 Å². The van der Waals surface area contributed by atoms with Gasteiger partial charge in [0, 0.05) is 48.9 Å². The largest absolute Gasteiger partial charge is 0.458 e. The topological polar surface area (TPSA) is 294 Å². The van der Waals surface area contributed by atoms with Crippen molar-refractivity contribution < 1.29 is 57.3 Å². The number of halogens is 1. The third kappa shape index (κ3) is 10.8. The second-order valence-electron chi connectivity index (χ2n) is 18.4. The van der Waals surface area contributed by atoms with Crippen molar-refractivity contribution in [1.29, 1.82) is 0 Å². The van der Waals surface area contributed by atoms with Gasteiger partial charge in [0.2, 0.25) is 41.4 Å². The highest BCUT2D eigenvalue weighted by atomic mass is 19.1. The van der Waals surface area contributed by atoms with E-state index in [9.17, 15) is 48.3 Å². The van der Waals surface area contributed by atoms with Crippen LogP contribution in [0.4, 0.5) is 4.39 Å². The summed E-state index contributed by atoms with van der Waals surface area (Å²) in [5.41, 5.74) is 2.00. The lowest BCUT2D eigenvalue weighted by Gasteiger charge is -2.31. The van der Waals surface area contributed by atoms with Crippen LogP contribution in [-0.4, -0.2) is 107 Å². The molecule has 1 saturated carbocycles. The van der Waals surface area contributed by atoms with E-state index in [1.807, 2.05) is 0 Å². The normalized spacial score (nSPS) is 18.0. The molecule has 380 valence electrons. The molecule has 4 aromatic rings. The first kappa shape index (κ1) is 50.8. The summed E-state index contributed by atoms with van der Waals surface area (Å²) in [6, 6.07) is 9.92. The first-order valence-corrected chi connectivity index (χ1v) is 23.9. The van der Waals surface area contributed by atoms with Crippen molar-refractivity contribution in [2.45, 2.75) is 103 Å². The molecular weight excluding hydrogens is 938 g/mol. The van der Waals surface area contributed by atoms with Gasteiger partial charge in [-0.05, 0) is 73.3 Å². The summed E-state index contributed by atoms with van der Waals surface area (Å²) in [7, 11) is 0. The molecule has 0 unspecified atom stereocenters. The number of carbonyl (C=O) groups excluding carboxylic acids is 8. The predicted octanol–water partition coefficient (Wildman–Crippen LogP) is 0.102. The van der Waals surface area contributed by atoms with Crippen LogP contribution in [0.5, 0.6) is 0 Å². The molecule has 2 aliphatic carbocycles. The van der Waals surface area contributed by atoms with Gasteiger partial charge in [0.15, 0.2) is 5.60 Å². The number of aliphatic hydroxyl groups is 1. The van der Waals surface area contributed by atoms with Crippen LogP contribution in [0.15, 0.2) is 47.3 Å². The van der Waals surface area contributed by atoms with Crippen molar-refractivity contribution >= 4 is 58.2 Å². The number of cyclic esters (lactones) is 1. The molecule has 72 heavy (non-hydrogen) atoms. The SMILES string of the molecule is CC[C@@]1(O)C(=O)OCc2c1cc1n(c2=O)Cc2c-1nc1cc(F)c(C)c3c1c2[C@@H](NC(=O)[C@H](OCNC(=O)CNC(=O)[C@H](Cc1ccccc1)NC(=O)CNC(=O)CNC(=O)CCNC(C)=O)C1CC1)CC3. The van der Waals surface area contributed by atoms with Gasteiger partial charge in [-0.2, -0.15) is 0 Å². The molecule has 2 aromatic heterocycles. The Kier molecular flexibility index (Phi) is 15.1. The van der Waals surface area contributed by atoms with Gasteiger partial charge in [0.25, 0.3) is 5.56 Å². The summed E-state index contributed by atoms with van der Waals surface area (Å²) in [5.74, 6) is -5.43. The summed E-state index contributed by atoms with van der Waals surface area (Å²) in [4.78, 5) is 121. The summed E-state index contributed by atoms with van der Waals surface area (Å²) in [6.45, 7) is 2.61. The quantitative estimate of drug-likeness (QED) is 0.0380. The van der Waals surface area contributed by atoms with E-state index in [2.05, 4.69) is 37.2 Å². The number of nitrogens with one attached hydrogen (secondary N) is 7. The van der Waals surface area contributed by atoms with E-state index >= 15 is 4.39 Å². The molecule has 2 aliphatic heterocycles. The molecule has 4 atom stereocenters. The molecule has 1 fully saturated rings. The van der Waals surface area contributed by atoms with Gasteiger partial charge in [0.1, 0.15) is 31.3 Å². The van der Waals surface area contributed by atoms with Crippen LogP contribution < -0.4 is 42.8 Å². The van der Waals surface area contributed by atoms with Gasteiger partial charge >= 0.3 is 5.97 Å². The fourth-order valence-electron chi connectivity index (χ4n) is 9.51. The summed E-state index contributed by atoms with van der Waals surface area (Å²) >= 11 is 0. The van der Waals surface area contributed by atoms with E-state index in [1.54, 1.807) is 50.2 Å². The van der Waals surface area contributed by atoms with Crippen molar-refractivity contribution in [1.82, 2.24) is 46.8 Å². The molecule has 21 nitrogen and oxygen atoms in total. The number of benzene rings is 2. The minimum Gasteiger partial charge on any atom is -0.458 e. The van der Waals surface area contributed by atoms with Gasteiger partial charge in [-0.3, -0.25) is 38.4 Å². The van der Waals surface area contributed by atoms with Crippen LogP contribution in [0.2, 0.25) is 0 Å². The number of esters is 1. The van der Waals surface area contributed by atoms with Gasteiger partial charge in [0.05, 0.1) is 54.7 Å². The number of aromatic nitrogens is 2. The number of amides is 7. The molecule has 4 aliphatic rings. The maximum atomic E-state index is 15.5. The zero-order valence-electron chi connectivity index (χ0n) is 40.0. The molecule has 0 radical (unpaired) electrons. The summed E-state index contributed by atoms with van der Waals surface area (Å²) in [6.07, 6.45) is 1.16. The number of carbonyl (C=O) groups is 8. The number of ether oxygens (including phenoxy) is 2. The van der Waals surface area contributed by atoms with Crippen LogP contribution in [0.25, 0.3) is 22.3 Å². The molecule has 0 saturated heterocycles. The number of pyridine rings is 2. The van der Waals surface area contributed by atoms with Crippen LogP contribution in [0.1, 0.15) is 90.9 Å². The Labute approximate surface area is 411 Å². The van der Waals surface area contributed by atoms with E-state index in [0.29, 0.717) is 70.2 Å². The highest BCUT2D eigenvalue weighted by Gasteiger charge is 2.46. The van der Waals surface area contributed by atoms with E-state index in [0.717, 1.165) is 5.56 Å². The summed E-state index contributed by atoms with van der Waals surface area (Å²) < 4.78 is 28.2. The Hall–Kier alpha value is -7.59. The molecule has 7 amide bonds. The lowest BCUT2D eigenvalue weighted by Crippen LogP contribution is -2.52. The molecule has 0 bridgehead atoms. The van der Waals surface area contributed by atoms with Crippen molar-refractivity contribution in [3.63, 3.8) is 0 Å². The molecule has 22 heteroatoms. The van der Waals surface area contributed by atoms with E-state index in [-0.39, 0.29) is 68.6 Å². The maximum absolute atomic E-state index is 15.5. The monoisotopic (exact) mass is 993 g/mol. The van der Waals surface area contributed by atoms with Gasteiger partial charge in [-0.1, -0.05) is 37.3 Å². The van der Waals surface area contributed by atoms with Crippen molar-refractivity contribution in [2.24, 2.45) is 5.92 Å². The van der Waals surface area contributed by atoms with Crippen LogP contribution in [-0.2, 0) is 79.4 Å². The number of hydrogen-bond donors (Lipinski definition) is 8. The smallest absolute Gasteiger partial charge is 0.343 e. The fraction of sp³-hybridized carbons (Fsp3) is 0.440. The number of aryl methyl sites for hydroxylation is 1. The van der Waals surface area contributed by atoms with Crippen molar-refractivity contribution in [3.8, 4) is 11.4 Å². The van der Waals surface area contributed by atoms with Crippen molar-refractivity contribution in [3.05, 3.63) is 97.6 Å². The van der Waals surface area contributed by atoms with Crippen LogP contribution in [0.3, 0.4) is 0 Å². The van der Waals surface area contributed by atoms with E-state index in [4.69, 9.17) is 14.5 Å². The fourth-order valence-corrected chi connectivity index (χ4v) is 9.51. The first-order chi connectivity index (χ1) is 34.5. The Balaban J connectivity index is 0.896. The lowest BCUT2D eigenvalue weighted by atomic mass is 9.81. The number of nitrogens with zero attached hydrogens (tertiary/aromatic N) is 2. The Morgan fingerprint density at radius 1 is 0.889 bits per heavy atom. The number of rotatable bonds is 20.